The first-order valence-electron chi connectivity index (χ1n) is 20.4. The molecule has 4 aliphatic rings. The average Bonchev–Trinajstić information content (AvgIpc) is 3.73. The Bertz CT molecular complexity index is 1920. The zero-order valence-electron chi connectivity index (χ0n) is 35.8. The molecule has 2 N–H and O–H groups in total. The number of phenols is 1. The zero-order chi connectivity index (χ0) is 41.8. The van der Waals surface area contributed by atoms with Crippen molar-refractivity contribution in [3.05, 3.63) is 130 Å². The summed E-state index contributed by atoms with van der Waals surface area (Å²) in [7, 11) is 0. The number of phenolic OH excluding ortho intramolecular Hbond substituents is 1. The molecule has 0 bridgehead atoms. The van der Waals surface area contributed by atoms with E-state index in [2.05, 4.69) is 68.2 Å². The van der Waals surface area contributed by atoms with Gasteiger partial charge in [-0.2, -0.15) is 0 Å². The summed E-state index contributed by atoms with van der Waals surface area (Å²) >= 11 is 3.36. The molecule has 8 rings (SSSR count). The van der Waals surface area contributed by atoms with Crippen LogP contribution in [0.1, 0.15) is 68.0 Å². The van der Waals surface area contributed by atoms with E-state index in [1.165, 1.54) is 33.4 Å². The van der Waals surface area contributed by atoms with E-state index in [-0.39, 0.29) is 68.7 Å². The molecule has 312 valence electrons. The fraction of sp³-hybridized carbons (Fsp3) is 0.458. The Hall–Kier alpha value is -2.58. The molecule has 4 aromatic carbocycles. The molecule has 2 saturated heterocycles. The van der Waals surface area contributed by atoms with Crippen molar-refractivity contribution in [3.8, 4) is 11.5 Å². The monoisotopic (exact) mass is 895 g/mol. The second kappa shape index (κ2) is 23.0. The summed E-state index contributed by atoms with van der Waals surface area (Å²) in [6, 6.07) is 32.6. The van der Waals surface area contributed by atoms with Crippen LogP contribution in [-0.4, -0.2) is 90.0 Å². The van der Waals surface area contributed by atoms with Gasteiger partial charge in [-0.1, -0.05) is 88.7 Å². The van der Waals surface area contributed by atoms with Crippen molar-refractivity contribution in [3.63, 3.8) is 0 Å². The van der Waals surface area contributed by atoms with E-state index in [0.717, 1.165) is 62.9 Å². The first kappa shape index (κ1) is 49.1. The second-order valence-corrected chi connectivity index (χ2v) is 17.6. The minimum atomic E-state index is -0.500. The summed E-state index contributed by atoms with van der Waals surface area (Å²) in [6.07, 6.45) is 4.24. The molecule has 0 unspecified atom stereocenters. The maximum Gasteiger partial charge on any atom is 1.00 e. The number of alkyl halides is 1. The van der Waals surface area contributed by atoms with Gasteiger partial charge < -0.3 is 24.4 Å². The number of aliphatic hydroxyl groups is 1. The third kappa shape index (κ3) is 15.7. The standard InChI is InChI=1S/C22H25NO3.C15H19NO3.C7H7Br.C4H10O.K/c1-2-25-21(24)13-23-15-22(16-23)11-18-8-9-20(10-19(18)12-22)26-14-17-6-4-3-5-7-17;1-2-19-14(18)8-16-9-15(10-16)6-11-3-4-13(17)5-12(11)7-15;8-6-7-4-2-1-3-5-7;1-4(2,3)5;/h3-10H,2,11-16H2,1H3;3-5,17H,2,6-10H2,1H3;1-5H,6H2;5H,1-3H3;/q;;;;+1. The first-order valence-corrected chi connectivity index (χ1v) is 21.5. The van der Waals surface area contributed by atoms with Gasteiger partial charge in [0.2, 0.25) is 0 Å². The Morgan fingerprint density at radius 1 is 0.661 bits per heavy atom. The third-order valence-electron chi connectivity index (χ3n) is 10.4. The van der Waals surface area contributed by atoms with Crippen molar-refractivity contribution in [2.75, 3.05) is 52.5 Å². The van der Waals surface area contributed by atoms with E-state index in [1.54, 1.807) is 26.8 Å². The summed E-state index contributed by atoms with van der Waals surface area (Å²) in [6.45, 7) is 15.1. The van der Waals surface area contributed by atoms with Gasteiger partial charge in [-0.3, -0.25) is 19.4 Å². The van der Waals surface area contributed by atoms with E-state index >= 15 is 0 Å². The van der Waals surface area contributed by atoms with Crippen molar-refractivity contribution in [2.24, 2.45) is 10.8 Å². The molecule has 0 atom stereocenters. The first-order chi connectivity index (χ1) is 27.7. The number of carbonyl (C=O) groups excluding carboxylic acids is 2. The Morgan fingerprint density at radius 3 is 1.53 bits per heavy atom. The number of rotatable bonds is 10. The fourth-order valence-corrected chi connectivity index (χ4v) is 8.66. The van der Waals surface area contributed by atoms with Crippen molar-refractivity contribution in [2.45, 2.75) is 77.8 Å². The number of benzene rings is 4. The minimum Gasteiger partial charge on any atom is -0.508 e. The maximum absolute atomic E-state index is 11.6. The number of carbonyl (C=O) groups is 2. The van der Waals surface area contributed by atoms with Gasteiger partial charge in [0.05, 0.1) is 31.9 Å². The molecule has 2 spiro atoms. The average molecular weight is 897 g/mol. The topological polar surface area (TPSA) is 109 Å². The van der Waals surface area contributed by atoms with Crippen LogP contribution in [0, 0.1) is 10.8 Å². The predicted molar refractivity (Wildman–Crippen MR) is 232 cm³/mol. The zero-order valence-corrected chi connectivity index (χ0v) is 40.6. The largest absolute Gasteiger partial charge is 1.00 e. The van der Waals surface area contributed by atoms with E-state index in [4.69, 9.17) is 19.3 Å². The van der Waals surface area contributed by atoms with Crippen LogP contribution in [0.5, 0.6) is 11.5 Å². The molecule has 59 heavy (non-hydrogen) atoms. The SMILES string of the molecule is BrCc1ccccc1.CC(C)(C)O.CCOC(=O)CN1CC2(Cc3ccc(O)cc3C2)C1.CCOC(=O)CN1CC2(Cc3ccc(OCc4ccccc4)cc3C2)C1.[K+]. The van der Waals surface area contributed by atoms with E-state index in [0.29, 0.717) is 44.1 Å². The molecule has 2 heterocycles. The van der Waals surface area contributed by atoms with Gasteiger partial charge in [-0.15, -0.1) is 0 Å². The summed E-state index contributed by atoms with van der Waals surface area (Å²) in [5.74, 6) is 1.03. The molecule has 2 aliphatic heterocycles. The van der Waals surface area contributed by atoms with Crippen molar-refractivity contribution in [1.29, 1.82) is 0 Å². The summed E-state index contributed by atoms with van der Waals surface area (Å²) in [4.78, 5) is 27.4. The van der Waals surface area contributed by atoms with Gasteiger partial charge in [0, 0.05) is 42.3 Å². The van der Waals surface area contributed by atoms with Crippen LogP contribution < -0.4 is 56.1 Å². The molecular weight excluding hydrogens is 836 g/mol. The van der Waals surface area contributed by atoms with Crippen molar-refractivity contribution in [1.82, 2.24) is 9.80 Å². The maximum atomic E-state index is 11.6. The van der Waals surface area contributed by atoms with Crippen LogP contribution in [0.2, 0.25) is 0 Å². The van der Waals surface area contributed by atoms with Gasteiger partial charge >= 0.3 is 63.3 Å². The van der Waals surface area contributed by atoms with E-state index in [9.17, 15) is 14.7 Å². The predicted octanol–water partition coefficient (Wildman–Crippen LogP) is 4.95. The van der Waals surface area contributed by atoms with Gasteiger partial charge in [-0.25, -0.2) is 0 Å². The fourth-order valence-electron chi connectivity index (χ4n) is 8.28. The number of fused-ring (bicyclic) bond motifs is 2. The van der Waals surface area contributed by atoms with Crippen LogP contribution in [0.25, 0.3) is 0 Å². The number of hydrogen-bond donors (Lipinski definition) is 2. The van der Waals surface area contributed by atoms with Crippen molar-refractivity contribution >= 4 is 27.9 Å². The van der Waals surface area contributed by atoms with Gasteiger partial charge in [0.15, 0.2) is 0 Å². The Balaban J connectivity index is 0.000000203. The molecule has 2 fully saturated rings. The Morgan fingerprint density at radius 2 is 1.08 bits per heavy atom. The van der Waals surface area contributed by atoms with Crippen LogP contribution >= 0.6 is 15.9 Å². The van der Waals surface area contributed by atoms with Gasteiger partial charge in [0.1, 0.15) is 18.1 Å². The number of halogens is 1. The van der Waals surface area contributed by atoms with Crippen molar-refractivity contribution < 1.29 is 85.4 Å². The number of esters is 2. The second-order valence-electron chi connectivity index (χ2n) is 17.1. The molecule has 11 heteroatoms. The molecule has 0 aromatic heterocycles. The van der Waals surface area contributed by atoms with Gasteiger partial charge in [-0.05, 0) is 118 Å². The number of hydrogen-bond acceptors (Lipinski definition) is 9. The number of ether oxygens (including phenoxy) is 3. The number of aromatic hydroxyl groups is 1. The summed E-state index contributed by atoms with van der Waals surface area (Å²) in [5, 5.41) is 19.0. The Labute approximate surface area is 402 Å². The smallest absolute Gasteiger partial charge is 0.508 e. The minimum absolute atomic E-state index is 0. The van der Waals surface area contributed by atoms with Gasteiger partial charge in [0.25, 0.3) is 0 Å². The van der Waals surface area contributed by atoms with Crippen LogP contribution in [-0.2, 0) is 56.7 Å². The summed E-state index contributed by atoms with van der Waals surface area (Å²) in [5.41, 5.74) is 8.00. The molecule has 0 amide bonds. The molecule has 9 nitrogen and oxygen atoms in total. The molecular formula is C48H61BrKN2O7+. The molecule has 0 saturated carbocycles. The number of nitrogens with zero attached hydrogens (tertiary/aromatic N) is 2. The van der Waals surface area contributed by atoms with E-state index in [1.807, 2.05) is 62.4 Å². The molecule has 2 aliphatic carbocycles. The summed E-state index contributed by atoms with van der Waals surface area (Å²) < 4.78 is 16.0. The quantitative estimate of drug-likeness (QED) is 0.130. The van der Waals surface area contributed by atoms with Crippen LogP contribution in [0.15, 0.2) is 97.1 Å². The van der Waals surface area contributed by atoms with Crippen LogP contribution in [0.4, 0.5) is 0 Å². The van der Waals surface area contributed by atoms with E-state index < -0.39 is 5.60 Å². The normalized spacial score (nSPS) is 16.5. The third-order valence-corrected chi connectivity index (χ3v) is 11.1. The number of likely N-dealkylation sites (tertiary alicyclic amines) is 2. The van der Waals surface area contributed by atoms with Crippen LogP contribution in [0.3, 0.4) is 0 Å². The molecule has 0 radical (unpaired) electrons. The Kier molecular flexibility index (Phi) is 19.2. The molecule has 4 aromatic rings.